The number of ether oxygens (including phenoxy) is 2. The van der Waals surface area contributed by atoms with Crippen molar-refractivity contribution in [2.75, 3.05) is 26.4 Å². The van der Waals surface area contributed by atoms with Crippen LogP contribution in [0.2, 0.25) is 0 Å². The first-order valence-corrected chi connectivity index (χ1v) is 17.4. The molecule has 10 nitrogen and oxygen atoms in total. The Morgan fingerprint density at radius 3 is 1.09 bits per heavy atom. The van der Waals surface area contributed by atoms with Crippen LogP contribution in [0.3, 0.4) is 0 Å². The van der Waals surface area contributed by atoms with Crippen molar-refractivity contribution in [2.45, 2.75) is 25.7 Å². The minimum Gasteiger partial charge on any atom is -0.442 e. The zero-order chi connectivity index (χ0) is 35.7. The molecule has 9 aromatic rings. The van der Waals surface area contributed by atoms with Gasteiger partial charge >= 0.3 is 54.8 Å². The maximum atomic E-state index is 4.94. The van der Waals surface area contributed by atoms with Crippen LogP contribution in [0.5, 0.6) is 0 Å². The molecule has 0 bridgehead atoms. The molecule has 0 spiro atoms. The molecule has 0 unspecified atom stereocenters. The fourth-order valence-corrected chi connectivity index (χ4v) is 4.84. The molecule has 8 aromatic heterocycles. The van der Waals surface area contributed by atoms with Crippen LogP contribution in [0.1, 0.15) is 25.7 Å². The van der Waals surface area contributed by atoms with Crippen molar-refractivity contribution < 1.29 is 74.2 Å². The van der Waals surface area contributed by atoms with Gasteiger partial charge in [0, 0.05) is 62.0 Å². The molecule has 0 saturated carbocycles. The molecular formula is C42H44FeLi2N8O2+2. The molecule has 1 aromatic carbocycles. The molecule has 2 fully saturated rings. The van der Waals surface area contributed by atoms with Gasteiger partial charge in [0.15, 0.2) is 0 Å². The molecule has 13 heteroatoms. The van der Waals surface area contributed by atoms with E-state index in [0.717, 1.165) is 70.6 Å². The summed E-state index contributed by atoms with van der Waals surface area (Å²) < 4.78 is 9.89. The molecular weight excluding hydrogens is 718 g/mol. The summed E-state index contributed by atoms with van der Waals surface area (Å²) in [7, 11) is 0. The van der Waals surface area contributed by atoms with Gasteiger partial charge in [0.1, 0.15) is 11.3 Å². The normalized spacial score (nSPS) is 11.9. The van der Waals surface area contributed by atoms with E-state index in [1.54, 1.807) is 37.2 Å². The van der Waals surface area contributed by atoms with Gasteiger partial charge in [-0.1, -0.05) is 109 Å². The van der Waals surface area contributed by atoms with Gasteiger partial charge in [0.2, 0.25) is 0 Å². The second-order valence-corrected chi connectivity index (χ2v) is 11.4. The topological polar surface area (TPSA) is 129 Å². The summed E-state index contributed by atoms with van der Waals surface area (Å²) >= 11 is 0. The fraction of sp³-hybridized carbons (Fsp3) is 0.190. The maximum Gasteiger partial charge on any atom is 2.00 e. The van der Waals surface area contributed by atoms with Gasteiger partial charge in [0.25, 0.3) is 0 Å². The number of hydrogen-bond acceptors (Lipinski definition) is 4. The van der Waals surface area contributed by atoms with E-state index in [1.165, 1.54) is 25.7 Å². The first-order chi connectivity index (χ1) is 25.9. The van der Waals surface area contributed by atoms with Gasteiger partial charge in [-0.15, -0.1) is 0 Å². The molecule has 55 heavy (non-hydrogen) atoms. The monoisotopic (exact) mass is 762 g/mol. The number of hydrogen-bond donors (Lipinski definition) is 0. The molecule has 272 valence electrons. The van der Waals surface area contributed by atoms with E-state index in [4.69, 9.17) is 9.47 Å². The van der Waals surface area contributed by atoms with Crippen molar-refractivity contribution in [3.05, 3.63) is 159 Å². The van der Waals surface area contributed by atoms with Crippen LogP contribution in [-0.4, -0.2) is 36.4 Å². The van der Waals surface area contributed by atoms with Gasteiger partial charge in [-0.3, -0.25) is 0 Å². The molecule has 0 radical (unpaired) electrons. The molecule has 0 amide bonds. The zero-order valence-corrected chi connectivity index (χ0v) is 32.6. The third-order valence-corrected chi connectivity index (χ3v) is 7.50. The van der Waals surface area contributed by atoms with E-state index in [0.29, 0.717) is 0 Å². The Bertz CT molecular complexity index is 1780. The predicted molar refractivity (Wildman–Crippen MR) is 204 cm³/mol. The number of aromatic nitrogens is 8. The molecule has 2 aliphatic rings. The van der Waals surface area contributed by atoms with Crippen LogP contribution in [0.4, 0.5) is 0 Å². The Labute approximate surface area is 356 Å². The van der Waals surface area contributed by atoms with E-state index >= 15 is 0 Å². The number of H-pyrrole nitrogens is 2. The van der Waals surface area contributed by atoms with Gasteiger partial charge < -0.3 is 39.4 Å². The molecule has 0 aliphatic carbocycles. The molecule has 2 N–H and O–H groups in total. The van der Waals surface area contributed by atoms with Crippen molar-refractivity contribution in [1.82, 2.24) is 29.9 Å². The Kier molecular flexibility index (Phi) is 24.6. The molecule has 2 aliphatic heterocycles. The zero-order valence-electron chi connectivity index (χ0n) is 31.5. The number of benzene rings is 1. The quantitative estimate of drug-likeness (QED) is 0.209. The second-order valence-electron chi connectivity index (χ2n) is 11.4. The molecule has 10 heterocycles. The van der Waals surface area contributed by atoms with Crippen LogP contribution in [-0.2, 0) is 26.5 Å². The number of pyridine rings is 4. The van der Waals surface area contributed by atoms with E-state index in [1.807, 2.05) is 122 Å². The van der Waals surface area contributed by atoms with Crippen LogP contribution in [0, 0.1) is 0 Å². The number of nitrogens with zero attached hydrogens (tertiary/aromatic N) is 6. The average molecular weight is 763 g/mol. The van der Waals surface area contributed by atoms with Crippen molar-refractivity contribution in [3.63, 3.8) is 0 Å². The largest absolute Gasteiger partial charge is 2.00 e. The van der Waals surface area contributed by atoms with Crippen LogP contribution < -0.4 is 67.6 Å². The first kappa shape index (κ1) is 46.8. The fourth-order valence-electron chi connectivity index (χ4n) is 4.84. The standard InChI is InChI=1S/4C7H5N2.C6H6.2C4H8O.Fe.2Li/c4*1-2-6-3-5-9-7(6)8-4-1;1-2-4-6-5-3-1;2*1-2-4-5-3-1;;;/h4*1-5H;1-6H;2*1-4H2;;;/q4*-1;;;;+2;2*+1/p+2. The molecule has 11 rings (SSSR count). The Balaban J connectivity index is 0.000000223. The van der Waals surface area contributed by atoms with E-state index in [2.05, 4.69) is 39.9 Å². The van der Waals surface area contributed by atoms with Crippen LogP contribution in [0.15, 0.2) is 159 Å². The summed E-state index contributed by atoms with van der Waals surface area (Å²) in [6, 6.07) is 35.6. The Hall–Kier alpha value is -4.39. The summed E-state index contributed by atoms with van der Waals surface area (Å²) in [5.74, 6) is 0. The van der Waals surface area contributed by atoms with Crippen LogP contribution in [0.25, 0.3) is 44.1 Å². The second kappa shape index (κ2) is 29.0. The Morgan fingerprint density at radius 1 is 0.418 bits per heavy atom. The van der Waals surface area contributed by atoms with Crippen molar-refractivity contribution in [3.8, 4) is 0 Å². The van der Waals surface area contributed by atoms with Crippen molar-refractivity contribution >= 4 is 44.1 Å². The minimum atomic E-state index is 0. The van der Waals surface area contributed by atoms with Crippen LogP contribution >= 0.6 is 0 Å². The summed E-state index contributed by atoms with van der Waals surface area (Å²) in [6.07, 6.45) is 19.5. The molecule has 0 atom stereocenters. The number of nitrogens with one attached hydrogen (secondary N) is 2. The minimum absolute atomic E-state index is 0. The van der Waals surface area contributed by atoms with Crippen molar-refractivity contribution in [1.29, 1.82) is 0 Å². The smallest absolute Gasteiger partial charge is 0.442 e. The van der Waals surface area contributed by atoms with E-state index in [9.17, 15) is 0 Å². The summed E-state index contributed by atoms with van der Waals surface area (Å²) in [4.78, 5) is 30.2. The van der Waals surface area contributed by atoms with Gasteiger partial charge in [-0.2, -0.15) is 0 Å². The molecule has 2 saturated heterocycles. The van der Waals surface area contributed by atoms with Gasteiger partial charge in [-0.05, 0) is 72.9 Å². The summed E-state index contributed by atoms with van der Waals surface area (Å²) in [5, 5.41) is 4.55. The number of aromatic amines is 2. The van der Waals surface area contributed by atoms with Gasteiger partial charge in [-0.25, -0.2) is 9.97 Å². The third kappa shape index (κ3) is 17.7. The Morgan fingerprint density at radius 2 is 0.764 bits per heavy atom. The first-order valence-electron chi connectivity index (χ1n) is 17.4. The van der Waals surface area contributed by atoms with E-state index < -0.39 is 0 Å². The van der Waals surface area contributed by atoms with E-state index in [-0.39, 0.29) is 54.8 Å². The number of rotatable bonds is 0. The summed E-state index contributed by atoms with van der Waals surface area (Å²) in [6.45, 7) is 4.00. The number of fused-ring (bicyclic) bond motifs is 4. The SMILES string of the molecule is C1CCOC1.C1CCOC1.[Fe+2].[Li+].[Li+].c1c[nH+]c2[n-]ccc2c1.c1c[nH+]c2[n-]ccc2c1.c1ccccc1.c1cnc2[n-]ccc2c1.c1cnc2[n-]ccc2c1. The predicted octanol–water partition coefficient (Wildman–Crippen LogP) is 0.892. The maximum absolute atomic E-state index is 4.94. The third-order valence-electron chi connectivity index (χ3n) is 7.50. The van der Waals surface area contributed by atoms with Gasteiger partial charge in [0.05, 0.1) is 0 Å². The summed E-state index contributed by atoms with van der Waals surface area (Å²) in [5.41, 5.74) is 3.57. The average Bonchev–Trinajstić information content (AvgIpc) is 4.09. The van der Waals surface area contributed by atoms with Crippen molar-refractivity contribution in [2.24, 2.45) is 0 Å².